The van der Waals surface area contributed by atoms with Crippen molar-refractivity contribution in [1.82, 2.24) is 5.32 Å². The van der Waals surface area contributed by atoms with Crippen LogP contribution in [0.5, 0.6) is 0 Å². The lowest BCUT2D eigenvalue weighted by molar-refractivity contribution is -0.137. The molecule has 0 amide bonds. The van der Waals surface area contributed by atoms with Crippen LogP contribution in [0.4, 0.5) is 13.2 Å². The Morgan fingerprint density at radius 1 is 1.20 bits per heavy atom. The summed E-state index contributed by atoms with van der Waals surface area (Å²) in [5.74, 6) is 0.678. The summed E-state index contributed by atoms with van der Waals surface area (Å²) in [6.07, 6.45) is 2.10. The molecule has 1 aliphatic carbocycles. The molecule has 1 atom stereocenters. The van der Waals surface area contributed by atoms with Gasteiger partial charge in [0.1, 0.15) is 0 Å². The Labute approximate surface area is 118 Å². The second-order valence-corrected chi connectivity index (χ2v) is 5.76. The maximum atomic E-state index is 12.7. The summed E-state index contributed by atoms with van der Waals surface area (Å²) in [7, 11) is 0. The van der Waals surface area contributed by atoms with Gasteiger partial charge in [0.25, 0.3) is 0 Å². The van der Waals surface area contributed by atoms with Gasteiger partial charge in [0.2, 0.25) is 0 Å². The zero-order chi connectivity index (χ0) is 14.6. The van der Waals surface area contributed by atoms with Crippen LogP contribution >= 0.6 is 0 Å². The number of alkyl halides is 3. The van der Waals surface area contributed by atoms with Gasteiger partial charge in [-0.2, -0.15) is 13.2 Å². The molecular formula is C16H22F3N. The van der Waals surface area contributed by atoms with E-state index >= 15 is 0 Å². The van der Waals surface area contributed by atoms with Gasteiger partial charge in [-0.3, -0.25) is 0 Å². The standard InChI is InChI=1S/C16H22F3N/c1-12(20-11-13-6-3-2-4-7-13)14-8-5-9-15(10-14)16(17,18)19/h5,8-10,12-13,20H,2-4,6-7,11H2,1H3. The molecule has 0 heterocycles. The van der Waals surface area contributed by atoms with E-state index in [0.717, 1.165) is 12.6 Å². The van der Waals surface area contributed by atoms with Gasteiger partial charge in [0.15, 0.2) is 0 Å². The van der Waals surface area contributed by atoms with Crippen molar-refractivity contribution < 1.29 is 13.2 Å². The van der Waals surface area contributed by atoms with Crippen LogP contribution in [0, 0.1) is 5.92 Å². The smallest absolute Gasteiger partial charge is 0.310 e. The molecule has 0 radical (unpaired) electrons. The first-order chi connectivity index (χ1) is 9.47. The van der Waals surface area contributed by atoms with Crippen molar-refractivity contribution in [3.05, 3.63) is 35.4 Å². The molecule has 0 spiro atoms. The molecule has 2 rings (SSSR count). The summed E-state index contributed by atoms with van der Waals surface area (Å²) in [5, 5.41) is 3.38. The summed E-state index contributed by atoms with van der Waals surface area (Å²) >= 11 is 0. The maximum absolute atomic E-state index is 12.7. The van der Waals surface area contributed by atoms with E-state index in [1.54, 1.807) is 6.07 Å². The largest absolute Gasteiger partial charge is 0.416 e. The SMILES string of the molecule is CC(NCC1CCCCC1)c1cccc(C(F)(F)F)c1. The van der Waals surface area contributed by atoms with Crippen molar-refractivity contribution in [2.45, 2.75) is 51.2 Å². The van der Waals surface area contributed by atoms with E-state index in [9.17, 15) is 13.2 Å². The average molecular weight is 285 g/mol. The van der Waals surface area contributed by atoms with Crippen LogP contribution in [0.25, 0.3) is 0 Å². The summed E-state index contributed by atoms with van der Waals surface area (Å²) in [4.78, 5) is 0. The summed E-state index contributed by atoms with van der Waals surface area (Å²) < 4.78 is 38.1. The lowest BCUT2D eigenvalue weighted by atomic mass is 9.89. The minimum absolute atomic E-state index is 0.0424. The fourth-order valence-corrected chi connectivity index (χ4v) is 2.84. The lowest BCUT2D eigenvalue weighted by Crippen LogP contribution is -2.27. The van der Waals surface area contributed by atoms with Crippen LogP contribution in [-0.2, 0) is 6.18 Å². The van der Waals surface area contributed by atoms with Crippen molar-refractivity contribution >= 4 is 0 Å². The molecule has 1 aliphatic rings. The van der Waals surface area contributed by atoms with Gasteiger partial charge in [0.05, 0.1) is 5.56 Å². The molecule has 1 saturated carbocycles. The molecule has 0 saturated heterocycles. The molecule has 4 heteroatoms. The number of nitrogens with one attached hydrogen (secondary N) is 1. The van der Waals surface area contributed by atoms with Crippen molar-refractivity contribution in [3.8, 4) is 0 Å². The molecule has 1 nitrogen and oxygen atoms in total. The Hall–Kier alpha value is -1.03. The van der Waals surface area contributed by atoms with Crippen LogP contribution in [0.15, 0.2) is 24.3 Å². The highest BCUT2D eigenvalue weighted by Gasteiger charge is 2.30. The molecule has 1 unspecified atom stereocenters. The number of hydrogen-bond donors (Lipinski definition) is 1. The van der Waals surface area contributed by atoms with Gasteiger partial charge >= 0.3 is 6.18 Å². The Balaban J connectivity index is 1.93. The van der Waals surface area contributed by atoms with Gasteiger partial charge in [-0.15, -0.1) is 0 Å². The van der Waals surface area contributed by atoms with Crippen LogP contribution in [-0.4, -0.2) is 6.54 Å². The van der Waals surface area contributed by atoms with Gasteiger partial charge < -0.3 is 5.32 Å². The highest BCUT2D eigenvalue weighted by molar-refractivity contribution is 5.27. The van der Waals surface area contributed by atoms with Gasteiger partial charge in [-0.05, 0) is 49.9 Å². The van der Waals surface area contributed by atoms with Crippen molar-refractivity contribution in [3.63, 3.8) is 0 Å². The Morgan fingerprint density at radius 2 is 1.90 bits per heavy atom. The summed E-state index contributed by atoms with van der Waals surface area (Å²) in [5.41, 5.74) is 0.136. The van der Waals surface area contributed by atoms with E-state index < -0.39 is 11.7 Å². The molecule has 1 fully saturated rings. The Bertz CT molecular complexity index is 422. The number of benzene rings is 1. The van der Waals surface area contributed by atoms with Crippen LogP contribution in [0.2, 0.25) is 0 Å². The Morgan fingerprint density at radius 3 is 2.55 bits per heavy atom. The molecule has 1 aromatic rings. The van der Waals surface area contributed by atoms with Crippen molar-refractivity contribution in [2.75, 3.05) is 6.54 Å². The number of halogens is 3. The van der Waals surface area contributed by atoms with Crippen molar-refractivity contribution in [2.24, 2.45) is 5.92 Å². The molecule has 112 valence electrons. The third-order valence-electron chi connectivity index (χ3n) is 4.15. The zero-order valence-electron chi connectivity index (χ0n) is 11.8. The minimum atomic E-state index is -4.26. The van der Waals surface area contributed by atoms with Crippen molar-refractivity contribution in [1.29, 1.82) is 0 Å². The van der Waals surface area contributed by atoms with E-state index in [1.807, 2.05) is 6.92 Å². The fourth-order valence-electron chi connectivity index (χ4n) is 2.84. The summed E-state index contributed by atoms with van der Waals surface area (Å²) in [6, 6.07) is 5.57. The highest BCUT2D eigenvalue weighted by atomic mass is 19.4. The van der Waals surface area contributed by atoms with E-state index in [0.29, 0.717) is 11.5 Å². The maximum Gasteiger partial charge on any atom is 0.416 e. The number of hydrogen-bond acceptors (Lipinski definition) is 1. The molecule has 0 bridgehead atoms. The highest BCUT2D eigenvalue weighted by Crippen LogP contribution is 2.31. The topological polar surface area (TPSA) is 12.0 Å². The predicted molar refractivity (Wildman–Crippen MR) is 74.4 cm³/mol. The minimum Gasteiger partial charge on any atom is -0.310 e. The van der Waals surface area contributed by atoms with Gasteiger partial charge in [-0.1, -0.05) is 31.4 Å². The second kappa shape index (κ2) is 6.61. The van der Waals surface area contributed by atoms with Gasteiger partial charge in [0, 0.05) is 6.04 Å². The third kappa shape index (κ3) is 4.23. The lowest BCUT2D eigenvalue weighted by Gasteiger charge is -2.24. The van der Waals surface area contributed by atoms with E-state index in [4.69, 9.17) is 0 Å². The normalized spacial score (nSPS) is 19.0. The average Bonchev–Trinajstić information content (AvgIpc) is 2.45. The quantitative estimate of drug-likeness (QED) is 0.826. The second-order valence-electron chi connectivity index (χ2n) is 5.76. The van der Waals surface area contributed by atoms with E-state index in [1.165, 1.54) is 44.2 Å². The summed E-state index contributed by atoms with van der Waals surface area (Å²) in [6.45, 7) is 2.83. The molecular weight excluding hydrogens is 263 g/mol. The Kier molecular flexibility index (Phi) is 5.08. The monoisotopic (exact) mass is 285 g/mol. The molecule has 20 heavy (non-hydrogen) atoms. The van der Waals surface area contributed by atoms with Crippen LogP contribution in [0.1, 0.15) is 56.2 Å². The molecule has 0 aliphatic heterocycles. The van der Waals surface area contributed by atoms with Crippen LogP contribution < -0.4 is 5.32 Å². The van der Waals surface area contributed by atoms with Crippen LogP contribution in [0.3, 0.4) is 0 Å². The molecule has 1 aromatic carbocycles. The first-order valence-corrected chi connectivity index (χ1v) is 7.37. The first kappa shape index (κ1) is 15.4. The molecule has 1 N–H and O–H groups in total. The fraction of sp³-hybridized carbons (Fsp3) is 0.625. The molecule has 0 aromatic heterocycles. The number of rotatable bonds is 4. The van der Waals surface area contributed by atoms with Gasteiger partial charge in [-0.25, -0.2) is 0 Å². The zero-order valence-corrected chi connectivity index (χ0v) is 11.8. The predicted octanol–water partition coefficient (Wildman–Crippen LogP) is 4.94. The van der Waals surface area contributed by atoms with E-state index in [2.05, 4.69) is 5.32 Å². The third-order valence-corrected chi connectivity index (χ3v) is 4.15. The van der Waals surface area contributed by atoms with E-state index in [-0.39, 0.29) is 6.04 Å². The first-order valence-electron chi connectivity index (χ1n) is 7.37.